The number of aliphatic hydroxyl groups is 1. The molecule has 1 saturated carbocycles. The minimum Gasteiger partial charge on any atom is -0.388 e. The smallest absolute Gasteiger partial charge is 0.0829 e. The van der Waals surface area contributed by atoms with Gasteiger partial charge in [0.25, 0.3) is 0 Å². The lowest BCUT2D eigenvalue weighted by atomic mass is 9.93. The Labute approximate surface area is 102 Å². The van der Waals surface area contributed by atoms with E-state index in [2.05, 4.69) is 16.8 Å². The minimum absolute atomic E-state index is 0.523. The number of pyridine rings is 1. The lowest BCUT2D eigenvalue weighted by molar-refractivity contribution is 0.0487. The number of hydrogen-bond donors (Lipinski definition) is 1. The number of nitrogens with zero attached hydrogens (tertiary/aromatic N) is 2. The summed E-state index contributed by atoms with van der Waals surface area (Å²) in [4.78, 5) is 6.51. The van der Waals surface area contributed by atoms with E-state index in [0.717, 1.165) is 25.4 Å². The van der Waals surface area contributed by atoms with Crippen LogP contribution in [0.25, 0.3) is 0 Å². The Balaban J connectivity index is 1.70. The largest absolute Gasteiger partial charge is 0.388 e. The van der Waals surface area contributed by atoms with Gasteiger partial charge in [-0.3, -0.25) is 9.88 Å². The Morgan fingerprint density at radius 3 is 2.76 bits per heavy atom. The molecule has 1 aromatic heterocycles. The van der Waals surface area contributed by atoms with E-state index >= 15 is 0 Å². The number of rotatable bonds is 3. The van der Waals surface area contributed by atoms with Gasteiger partial charge in [-0.25, -0.2) is 0 Å². The minimum atomic E-state index is -0.538. The molecule has 2 fully saturated rings. The normalized spacial score (nSPS) is 34.1. The SMILES string of the molecule is CC1CC(O)(Cc2ccncc2)CN1C1CC1. The molecule has 1 N–H and O–H groups in total. The summed E-state index contributed by atoms with van der Waals surface area (Å²) in [5, 5.41) is 10.7. The first-order valence-corrected chi connectivity index (χ1v) is 6.53. The molecular weight excluding hydrogens is 212 g/mol. The van der Waals surface area contributed by atoms with Crippen molar-refractivity contribution in [1.29, 1.82) is 0 Å². The highest BCUT2D eigenvalue weighted by Crippen LogP contribution is 2.38. The molecule has 0 radical (unpaired) electrons. The second-order valence-electron chi connectivity index (χ2n) is 5.71. The summed E-state index contributed by atoms with van der Waals surface area (Å²) in [7, 11) is 0. The van der Waals surface area contributed by atoms with Crippen LogP contribution in [0.4, 0.5) is 0 Å². The second kappa shape index (κ2) is 4.07. The van der Waals surface area contributed by atoms with Gasteiger partial charge >= 0.3 is 0 Å². The van der Waals surface area contributed by atoms with Gasteiger partial charge < -0.3 is 5.11 Å². The molecule has 1 saturated heterocycles. The molecular formula is C14H20N2O. The molecule has 3 rings (SSSR count). The van der Waals surface area contributed by atoms with Crippen LogP contribution in [0, 0.1) is 0 Å². The zero-order valence-corrected chi connectivity index (χ0v) is 10.3. The van der Waals surface area contributed by atoms with Crippen LogP contribution in [0.2, 0.25) is 0 Å². The molecule has 17 heavy (non-hydrogen) atoms. The average molecular weight is 232 g/mol. The molecule has 3 nitrogen and oxygen atoms in total. The molecule has 1 aromatic rings. The zero-order valence-electron chi connectivity index (χ0n) is 10.3. The van der Waals surface area contributed by atoms with Crippen LogP contribution < -0.4 is 0 Å². The van der Waals surface area contributed by atoms with Crippen molar-refractivity contribution in [2.75, 3.05) is 6.54 Å². The molecule has 0 aromatic carbocycles. The summed E-state index contributed by atoms with van der Waals surface area (Å²) in [5.41, 5.74) is 0.649. The van der Waals surface area contributed by atoms with Gasteiger partial charge in [0.15, 0.2) is 0 Å². The highest BCUT2D eigenvalue weighted by Gasteiger charge is 2.45. The van der Waals surface area contributed by atoms with Crippen LogP contribution in [0.1, 0.15) is 31.7 Å². The maximum atomic E-state index is 10.7. The first-order chi connectivity index (χ1) is 8.16. The van der Waals surface area contributed by atoms with Crippen LogP contribution in [-0.2, 0) is 6.42 Å². The van der Waals surface area contributed by atoms with E-state index in [4.69, 9.17) is 0 Å². The zero-order chi connectivity index (χ0) is 11.9. The fraction of sp³-hybridized carbons (Fsp3) is 0.643. The van der Waals surface area contributed by atoms with Crippen LogP contribution in [0.3, 0.4) is 0 Å². The van der Waals surface area contributed by atoms with Crippen molar-refractivity contribution in [2.24, 2.45) is 0 Å². The Morgan fingerprint density at radius 1 is 1.41 bits per heavy atom. The first kappa shape index (κ1) is 11.2. The highest BCUT2D eigenvalue weighted by molar-refractivity contribution is 5.15. The topological polar surface area (TPSA) is 36.4 Å². The third kappa shape index (κ3) is 2.35. The van der Waals surface area contributed by atoms with E-state index < -0.39 is 5.60 Å². The standard InChI is InChI=1S/C14H20N2O/c1-11-8-14(17,10-16(11)13-2-3-13)9-12-4-6-15-7-5-12/h4-7,11,13,17H,2-3,8-10H2,1H3. The molecule has 3 heteroatoms. The van der Waals surface area contributed by atoms with Crippen molar-refractivity contribution in [1.82, 2.24) is 9.88 Å². The molecule has 2 unspecified atom stereocenters. The number of hydrogen-bond acceptors (Lipinski definition) is 3. The van der Waals surface area contributed by atoms with Crippen molar-refractivity contribution >= 4 is 0 Å². The van der Waals surface area contributed by atoms with E-state index in [1.807, 2.05) is 12.1 Å². The first-order valence-electron chi connectivity index (χ1n) is 6.53. The lowest BCUT2D eigenvalue weighted by Crippen LogP contribution is -2.36. The summed E-state index contributed by atoms with van der Waals surface area (Å²) >= 11 is 0. The van der Waals surface area contributed by atoms with Crippen molar-refractivity contribution < 1.29 is 5.11 Å². The monoisotopic (exact) mass is 232 g/mol. The van der Waals surface area contributed by atoms with Crippen LogP contribution in [0.5, 0.6) is 0 Å². The molecule has 2 heterocycles. The molecule has 2 atom stereocenters. The Morgan fingerprint density at radius 2 is 2.12 bits per heavy atom. The maximum Gasteiger partial charge on any atom is 0.0829 e. The summed E-state index contributed by atoms with van der Waals surface area (Å²) in [6.45, 7) is 3.07. The van der Waals surface area contributed by atoms with Crippen LogP contribution in [0.15, 0.2) is 24.5 Å². The van der Waals surface area contributed by atoms with Crippen molar-refractivity contribution in [3.8, 4) is 0 Å². The predicted octanol–water partition coefficient (Wildman–Crippen LogP) is 1.61. The van der Waals surface area contributed by atoms with Gasteiger partial charge in [0, 0.05) is 37.4 Å². The van der Waals surface area contributed by atoms with Gasteiger partial charge in [0.2, 0.25) is 0 Å². The van der Waals surface area contributed by atoms with Gasteiger partial charge in [-0.2, -0.15) is 0 Å². The van der Waals surface area contributed by atoms with Gasteiger partial charge in [-0.15, -0.1) is 0 Å². The van der Waals surface area contributed by atoms with Gasteiger partial charge in [0.1, 0.15) is 0 Å². The number of β-amino-alcohol motifs (C(OH)–C–C–N with tert-alkyl or cyclic N) is 1. The molecule has 1 aliphatic carbocycles. The number of aromatic nitrogens is 1. The van der Waals surface area contributed by atoms with E-state index in [0.29, 0.717) is 6.04 Å². The van der Waals surface area contributed by atoms with Gasteiger partial charge in [0.05, 0.1) is 5.60 Å². The maximum absolute atomic E-state index is 10.7. The van der Waals surface area contributed by atoms with E-state index in [1.54, 1.807) is 12.4 Å². The molecule has 0 bridgehead atoms. The van der Waals surface area contributed by atoms with Crippen LogP contribution in [-0.4, -0.2) is 39.2 Å². The third-order valence-corrected chi connectivity index (χ3v) is 4.02. The van der Waals surface area contributed by atoms with E-state index in [-0.39, 0.29) is 0 Å². The predicted molar refractivity (Wildman–Crippen MR) is 66.7 cm³/mol. The molecule has 1 aliphatic heterocycles. The Bertz CT molecular complexity index is 390. The molecule has 0 amide bonds. The number of likely N-dealkylation sites (tertiary alicyclic amines) is 1. The highest BCUT2D eigenvalue weighted by atomic mass is 16.3. The average Bonchev–Trinajstić information content (AvgIpc) is 3.07. The molecule has 0 spiro atoms. The van der Waals surface area contributed by atoms with E-state index in [1.165, 1.54) is 18.4 Å². The van der Waals surface area contributed by atoms with Crippen molar-refractivity contribution in [3.05, 3.63) is 30.1 Å². The Kier molecular flexibility index (Phi) is 2.68. The summed E-state index contributed by atoms with van der Waals surface area (Å²) in [6.07, 6.45) is 7.88. The van der Waals surface area contributed by atoms with Crippen molar-refractivity contribution in [3.63, 3.8) is 0 Å². The van der Waals surface area contributed by atoms with E-state index in [9.17, 15) is 5.11 Å². The van der Waals surface area contributed by atoms with Crippen molar-refractivity contribution in [2.45, 2.75) is 50.3 Å². The van der Waals surface area contributed by atoms with Crippen LogP contribution >= 0.6 is 0 Å². The van der Waals surface area contributed by atoms with Gasteiger partial charge in [-0.1, -0.05) is 0 Å². The Hall–Kier alpha value is -0.930. The molecule has 2 aliphatic rings. The van der Waals surface area contributed by atoms with Gasteiger partial charge in [-0.05, 0) is 43.9 Å². The lowest BCUT2D eigenvalue weighted by Gasteiger charge is -2.23. The summed E-state index contributed by atoms with van der Waals surface area (Å²) in [5.74, 6) is 0. The fourth-order valence-electron chi connectivity index (χ4n) is 3.13. The summed E-state index contributed by atoms with van der Waals surface area (Å²) in [6, 6.07) is 5.27. The third-order valence-electron chi connectivity index (χ3n) is 4.02. The molecule has 92 valence electrons. The quantitative estimate of drug-likeness (QED) is 0.860. The second-order valence-corrected chi connectivity index (χ2v) is 5.71. The summed E-state index contributed by atoms with van der Waals surface area (Å²) < 4.78 is 0. The fourth-order valence-corrected chi connectivity index (χ4v) is 3.13.